The molecule has 1 aromatic rings. The summed E-state index contributed by atoms with van der Waals surface area (Å²) in [6, 6.07) is -0.611. The molecule has 0 aromatic carbocycles. The third kappa shape index (κ3) is 5.66. The predicted octanol–water partition coefficient (Wildman–Crippen LogP) is -0.522. The quantitative estimate of drug-likeness (QED) is 0.379. The van der Waals surface area contributed by atoms with Gasteiger partial charge in [-0.3, -0.25) is 9.59 Å². The van der Waals surface area contributed by atoms with Gasteiger partial charge in [0.05, 0.1) is 12.4 Å². The van der Waals surface area contributed by atoms with Crippen LogP contribution in [-0.4, -0.2) is 40.9 Å². The van der Waals surface area contributed by atoms with Gasteiger partial charge in [0.1, 0.15) is 0 Å². The molecule has 2 amide bonds. The molecule has 0 spiro atoms. The van der Waals surface area contributed by atoms with Crippen LogP contribution < -0.4 is 16.4 Å². The molecule has 1 heterocycles. The Kier molecular flexibility index (Phi) is 6.45. The van der Waals surface area contributed by atoms with Gasteiger partial charge >= 0.3 is 0 Å². The van der Waals surface area contributed by atoms with Gasteiger partial charge in [-0.2, -0.15) is 0 Å². The number of nitrogens with two attached hydrogens (primary N) is 1. The van der Waals surface area contributed by atoms with E-state index in [0.717, 1.165) is 5.69 Å². The summed E-state index contributed by atoms with van der Waals surface area (Å²) in [5.74, 6) is -0.391. The van der Waals surface area contributed by atoms with Crippen LogP contribution in [0, 0.1) is 0 Å². The lowest BCUT2D eigenvalue weighted by atomic mass is 10.1. The molecule has 0 fully saturated rings. The molecule has 7 heteroatoms. The fourth-order valence-electron chi connectivity index (χ4n) is 1.51. The van der Waals surface area contributed by atoms with Crippen LogP contribution in [0.1, 0.15) is 19.0 Å². The highest BCUT2D eigenvalue weighted by molar-refractivity contribution is 5.92. The fourth-order valence-corrected chi connectivity index (χ4v) is 1.51. The molecule has 1 unspecified atom stereocenters. The highest BCUT2D eigenvalue weighted by Crippen LogP contribution is 1.96. The number of H-pyrrole nitrogens is 1. The van der Waals surface area contributed by atoms with E-state index in [1.807, 2.05) is 0 Å². The van der Waals surface area contributed by atoms with Crippen LogP contribution in [0.3, 0.4) is 0 Å². The van der Waals surface area contributed by atoms with E-state index in [-0.39, 0.29) is 11.8 Å². The fraction of sp³-hybridized carbons (Fsp3) is 0.462. The molecular formula is C13H21N5O2. The zero-order chi connectivity index (χ0) is 15.0. The molecule has 5 N–H and O–H groups in total. The van der Waals surface area contributed by atoms with Crippen molar-refractivity contribution in [3.63, 3.8) is 0 Å². The summed E-state index contributed by atoms with van der Waals surface area (Å²) in [7, 11) is 0. The number of hydrogen-bond acceptors (Lipinski definition) is 4. The van der Waals surface area contributed by atoms with Crippen molar-refractivity contribution in [2.45, 2.75) is 25.8 Å². The Bertz CT molecular complexity index is 455. The van der Waals surface area contributed by atoms with E-state index in [2.05, 4.69) is 27.2 Å². The molecule has 0 bridgehead atoms. The molecule has 7 nitrogen and oxygen atoms in total. The molecule has 1 aromatic heterocycles. The zero-order valence-corrected chi connectivity index (χ0v) is 11.6. The number of hydrogen-bond donors (Lipinski definition) is 4. The second-order valence-corrected chi connectivity index (χ2v) is 4.57. The number of nitrogens with zero attached hydrogens (tertiary/aromatic N) is 1. The molecule has 0 aliphatic heterocycles. The van der Waals surface area contributed by atoms with Crippen LogP contribution in [-0.2, 0) is 16.0 Å². The molecular weight excluding hydrogens is 258 g/mol. The molecule has 0 aliphatic rings. The van der Waals surface area contributed by atoms with Gasteiger partial charge in [0.2, 0.25) is 11.8 Å². The maximum absolute atomic E-state index is 11.7. The van der Waals surface area contributed by atoms with E-state index < -0.39 is 6.04 Å². The Balaban J connectivity index is 2.13. The molecule has 20 heavy (non-hydrogen) atoms. The molecule has 1 atom stereocenters. The van der Waals surface area contributed by atoms with Crippen molar-refractivity contribution in [1.29, 1.82) is 0 Å². The summed E-state index contributed by atoms with van der Waals surface area (Å²) in [4.78, 5) is 29.7. The topological polar surface area (TPSA) is 113 Å². The van der Waals surface area contributed by atoms with Crippen molar-refractivity contribution < 1.29 is 9.59 Å². The Labute approximate surface area is 118 Å². The normalized spacial score (nSPS) is 11.7. The van der Waals surface area contributed by atoms with Crippen molar-refractivity contribution in [3.8, 4) is 0 Å². The maximum atomic E-state index is 11.7. The molecule has 0 saturated heterocycles. The van der Waals surface area contributed by atoms with E-state index >= 15 is 0 Å². The number of amides is 2. The summed E-state index contributed by atoms with van der Waals surface area (Å²) in [5.41, 5.74) is 7.06. The third-order valence-corrected chi connectivity index (χ3v) is 2.66. The summed E-state index contributed by atoms with van der Waals surface area (Å²) in [5, 5.41) is 5.41. The number of aromatic nitrogens is 2. The van der Waals surface area contributed by atoms with Crippen LogP contribution in [0.4, 0.5) is 0 Å². The average Bonchev–Trinajstić information content (AvgIpc) is 2.90. The van der Waals surface area contributed by atoms with Crippen LogP contribution in [0.5, 0.6) is 0 Å². The van der Waals surface area contributed by atoms with Crippen molar-refractivity contribution in [2.24, 2.45) is 5.73 Å². The minimum atomic E-state index is -0.611. The molecule has 0 radical (unpaired) electrons. The van der Waals surface area contributed by atoms with Crippen LogP contribution in [0.2, 0.25) is 0 Å². The van der Waals surface area contributed by atoms with Crippen LogP contribution in [0.15, 0.2) is 24.7 Å². The number of imidazole rings is 1. The van der Waals surface area contributed by atoms with Crippen molar-refractivity contribution in [3.05, 3.63) is 30.4 Å². The summed E-state index contributed by atoms with van der Waals surface area (Å²) in [6.45, 7) is 6.13. The van der Waals surface area contributed by atoms with Gasteiger partial charge in [0, 0.05) is 37.0 Å². The largest absolute Gasteiger partial charge is 0.355 e. The predicted molar refractivity (Wildman–Crippen MR) is 75.7 cm³/mol. The lowest BCUT2D eigenvalue weighted by molar-refractivity contribution is -0.122. The average molecular weight is 279 g/mol. The van der Waals surface area contributed by atoms with E-state index in [4.69, 9.17) is 5.73 Å². The Morgan fingerprint density at radius 1 is 1.45 bits per heavy atom. The summed E-state index contributed by atoms with van der Waals surface area (Å²) in [6.07, 6.45) is 4.24. The SMILES string of the molecule is C=C(C)C(=O)NCCCNC(=O)C(N)Cc1cnc[nH]1. The Morgan fingerprint density at radius 2 is 2.15 bits per heavy atom. The van der Waals surface area contributed by atoms with E-state index in [1.165, 1.54) is 0 Å². The van der Waals surface area contributed by atoms with E-state index in [1.54, 1.807) is 19.4 Å². The number of aromatic amines is 1. The zero-order valence-electron chi connectivity index (χ0n) is 11.6. The van der Waals surface area contributed by atoms with Crippen molar-refractivity contribution >= 4 is 11.8 Å². The molecule has 1 rings (SSSR count). The second kappa shape index (κ2) is 8.11. The smallest absolute Gasteiger partial charge is 0.246 e. The molecule has 0 aliphatic carbocycles. The number of carbonyl (C=O) groups excluding carboxylic acids is 2. The number of nitrogens with one attached hydrogen (secondary N) is 3. The van der Waals surface area contributed by atoms with E-state index in [9.17, 15) is 9.59 Å². The molecule has 110 valence electrons. The Hall–Kier alpha value is -2.15. The third-order valence-electron chi connectivity index (χ3n) is 2.66. The standard InChI is InChI=1S/C13H21N5O2/c1-9(2)12(19)16-4-3-5-17-13(20)11(14)6-10-7-15-8-18-10/h7-8,11H,1,3-6,14H2,2H3,(H,15,18)(H,16,19)(H,17,20). The second-order valence-electron chi connectivity index (χ2n) is 4.57. The number of carbonyl (C=O) groups is 2. The van der Waals surface area contributed by atoms with Gasteiger partial charge in [-0.1, -0.05) is 6.58 Å². The monoisotopic (exact) mass is 279 g/mol. The first-order chi connectivity index (χ1) is 9.50. The minimum absolute atomic E-state index is 0.174. The molecule has 0 saturated carbocycles. The van der Waals surface area contributed by atoms with Crippen LogP contribution in [0.25, 0.3) is 0 Å². The first-order valence-electron chi connectivity index (χ1n) is 6.45. The highest BCUT2D eigenvalue weighted by atomic mass is 16.2. The van der Waals surface area contributed by atoms with Crippen molar-refractivity contribution in [2.75, 3.05) is 13.1 Å². The lowest BCUT2D eigenvalue weighted by Crippen LogP contribution is -2.43. The van der Waals surface area contributed by atoms with Crippen molar-refractivity contribution in [1.82, 2.24) is 20.6 Å². The van der Waals surface area contributed by atoms with Gasteiger partial charge in [0.15, 0.2) is 0 Å². The van der Waals surface area contributed by atoms with E-state index in [0.29, 0.717) is 31.5 Å². The lowest BCUT2D eigenvalue weighted by Gasteiger charge is -2.11. The van der Waals surface area contributed by atoms with Gasteiger partial charge in [-0.25, -0.2) is 4.98 Å². The summed E-state index contributed by atoms with van der Waals surface area (Å²) < 4.78 is 0. The maximum Gasteiger partial charge on any atom is 0.246 e. The van der Waals surface area contributed by atoms with Crippen LogP contribution >= 0.6 is 0 Å². The minimum Gasteiger partial charge on any atom is -0.355 e. The van der Waals surface area contributed by atoms with Gasteiger partial charge in [-0.05, 0) is 13.3 Å². The van der Waals surface area contributed by atoms with Gasteiger partial charge in [0.25, 0.3) is 0 Å². The van der Waals surface area contributed by atoms with Gasteiger partial charge < -0.3 is 21.4 Å². The number of rotatable bonds is 8. The first-order valence-corrected chi connectivity index (χ1v) is 6.45. The highest BCUT2D eigenvalue weighted by Gasteiger charge is 2.13. The van der Waals surface area contributed by atoms with Gasteiger partial charge in [-0.15, -0.1) is 0 Å². The first kappa shape index (κ1) is 15.9. The summed E-state index contributed by atoms with van der Waals surface area (Å²) >= 11 is 0. The Morgan fingerprint density at radius 3 is 2.75 bits per heavy atom.